The fraction of sp³-hybridized carbons (Fsp3) is 0.480. The van der Waals surface area contributed by atoms with Crippen LogP contribution in [0.1, 0.15) is 46.4 Å². The van der Waals surface area contributed by atoms with E-state index >= 15 is 0 Å². The molecule has 1 aliphatic rings. The van der Waals surface area contributed by atoms with Gasteiger partial charge in [-0.25, -0.2) is 15.0 Å². The van der Waals surface area contributed by atoms with Crippen molar-refractivity contribution in [3.63, 3.8) is 0 Å². The summed E-state index contributed by atoms with van der Waals surface area (Å²) in [7, 11) is 0. The zero-order chi connectivity index (χ0) is 22.7. The summed E-state index contributed by atoms with van der Waals surface area (Å²) >= 11 is 0. The number of rotatable bonds is 7. The number of hydrogen-bond acceptors (Lipinski definition) is 7. The van der Waals surface area contributed by atoms with E-state index in [1.807, 2.05) is 18.2 Å². The highest BCUT2D eigenvalue weighted by Crippen LogP contribution is 2.24. The van der Waals surface area contributed by atoms with Crippen LogP contribution in [0.15, 0.2) is 36.8 Å². The smallest absolute Gasteiger partial charge is 0.145 e. The molecule has 168 valence electrons. The summed E-state index contributed by atoms with van der Waals surface area (Å²) in [4.78, 5) is 33.4. The first-order valence-corrected chi connectivity index (χ1v) is 11.5. The molecular weight excluding hydrogens is 400 g/mol. The molecule has 1 N–H and O–H groups in total. The van der Waals surface area contributed by atoms with Gasteiger partial charge in [0.2, 0.25) is 0 Å². The van der Waals surface area contributed by atoms with Crippen molar-refractivity contribution in [1.29, 1.82) is 0 Å². The third kappa shape index (κ3) is 5.27. The van der Waals surface area contributed by atoms with Crippen LogP contribution >= 0.6 is 0 Å². The Morgan fingerprint density at radius 1 is 1.09 bits per heavy atom. The summed E-state index contributed by atoms with van der Waals surface area (Å²) in [5, 5.41) is 4.23. The van der Waals surface area contributed by atoms with Gasteiger partial charge in [-0.15, -0.1) is 0 Å². The number of benzene rings is 1. The lowest BCUT2D eigenvalue weighted by Gasteiger charge is -2.33. The van der Waals surface area contributed by atoms with Crippen molar-refractivity contribution in [2.45, 2.75) is 59.0 Å². The molecule has 0 atom stereocenters. The van der Waals surface area contributed by atoms with Crippen LogP contribution in [0.2, 0.25) is 0 Å². The second kappa shape index (κ2) is 9.69. The Bertz CT molecular complexity index is 1090. The van der Waals surface area contributed by atoms with Crippen molar-refractivity contribution >= 4 is 22.5 Å². The molecule has 4 rings (SSSR count). The SMILES string of the molecule is CC(C)Nc1cncc(-c2ccc3cnc(CC(=O)C4CCN(C(C)C)CC4)nc3c2)n1. The zero-order valence-corrected chi connectivity index (χ0v) is 19.4. The molecule has 1 fully saturated rings. The predicted molar refractivity (Wildman–Crippen MR) is 127 cm³/mol. The molecule has 7 heteroatoms. The monoisotopic (exact) mass is 432 g/mol. The van der Waals surface area contributed by atoms with Gasteiger partial charge >= 0.3 is 0 Å². The highest BCUT2D eigenvalue weighted by Gasteiger charge is 2.26. The van der Waals surface area contributed by atoms with Gasteiger partial charge < -0.3 is 10.2 Å². The van der Waals surface area contributed by atoms with Gasteiger partial charge in [-0.1, -0.05) is 12.1 Å². The number of nitrogens with zero attached hydrogens (tertiary/aromatic N) is 5. The first-order valence-electron chi connectivity index (χ1n) is 11.5. The number of carbonyl (C=O) groups excluding carboxylic acids is 1. The molecule has 2 aromatic heterocycles. The second-order valence-corrected chi connectivity index (χ2v) is 9.20. The van der Waals surface area contributed by atoms with Crippen molar-refractivity contribution in [2.75, 3.05) is 18.4 Å². The van der Waals surface area contributed by atoms with Crippen LogP contribution in [-0.4, -0.2) is 55.8 Å². The predicted octanol–water partition coefficient (Wildman–Crippen LogP) is 4.14. The summed E-state index contributed by atoms with van der Waals surface area (Å²) in [6.07, 6.45) is 7.42. The Morgan fingerprint density at radius 3 is 2.59 bits per heavy atom. The van der Waals surface area contributed by atoms with Gasteiger partial charge in [0.15, 0.2) is 0 Å². The zero-order valence-electron chi connectivity index (χ0n) is 19.4. The summed E-state index contributed by atoms with van der Waals surface area (Å²) in [6, 6.07) is 6.80. The van der Waals surface area contributed by atoms with Crippen LogP contribution in [-0.2, 0) is 11.2 Å². The topological polar surface area (TPSA) is 83.9 Å². The van der Waals surface area contributed by atoms with E-state index in [0.29, 0.717) is 18.3 Å². The van der Waals surface area contributed by atoms with E-state index in [2.05, 4.69) is 52.9 Å². The average molecular weight is 433 g/mol. The first-order chi connectivity index (χ1) is 15.4. The number of nitrogens with one attached hydrogen (secondary N) is 1. The van der Waals surface area contributed by atoms with Gasteiger partial charge in [0.25, 0.3) is 0 Å². The molecule has 0 amide bonds. The van der Waals surface area contributed by atoms with Gasteiger partial charge in [-0.3, -0.25) is 9.78 Å². The Morgan fingerprint density at radius 2 is 1.88 bits per heavy atom. The Hall–Kier alpha value is -2.93. The van der Waals surface area contributed by atoms with Gasteiger partial charge in [0.1, 0.15) is 17.4 Å². The van der Waals surface area contributed by atoms with Gasteiger partial charge in [-0.05, 0) is 59.7 Å². The number of Topliss-reactive ketones (excluding diaryl/α,β-unsaturated/α-hetero) is 1. The molecule has 0 spiro atoms. The highest BCUT2D eigenvalue weighted by atomic mass is 16.1. The molecular formula is C25H32N6O. The number of carbonyl (C=O) groups is 1. The quantitative estimate of drug-likeness (QED) is 0.601. The first kappa shape index (κ1) is 22.3. The van der Waals surface area contributed by atoms with Crippen molar-refractivity contribution in [1.82, 2.24) is 24.8 Å². The summed E-state index contributed by atoms with van der Waals surface area (Å²) in [5.41, 5.74) is 2.54. The molecule has 0 radical (unpaired) electrons. The molecule has 1 aliphatic heterocycles. The maximum atomic E-state index is 12.9. The number of likely N-dealkylation sites (tertiary alicyclic amines) is 1. The van der Waals surface area contributed by atoms with E-state index in [-0.39, 0.29) is 17.7 Å². The molecule has 1 aromatic carbocycles. The third-order valence-electron chi connectivity index (χ3n) is 6.05. The van der Waals surface area contributed by atoms with E-state index in [9.17, 15) is 4.79 Å². The maximum absolute atomic E-state index is 12.9. The summed E-state index contributed by atoms with van der Waals surface area (Å²) < 4.78 is 0. The minimum Gasteiger partial charge on any atom is -0.367 e. The van der Waals surface area contributed by atoms with Crippen LogP contribution < -0.4 is 5.32 Å². The molecule has 0 aliphatic carbocycles. The lowest BCUT2D eigenvalue weighted by atomic mass is 9.90. The largest absolute Gasteiger partial charge is 0.367 e. The number of anilines is 1. The van der Waals surface area contributed by atoms with Crippen LogP contribution in [0.5, 0.6) is 0 Å². The maximum Gasteiger partial charge on any atom is 0.145 e. The normalized spacial score (nSPS) is 15.6. The average Bonchev–Trinajstić information content (AvgIpc) is 2.78. The van der Waals surface area contributed by atoms with Gasteiger partial charge in [-0.2, -0.15) is 0 Å². The lowest BCUT2D eigenvalue weighted by molar-refractivity contribution is -0.123. The molecule has 32 heavy (non-hydrogen) atoms. The van der Waals surface area contributed by atoms with Crippen LogP contribution in [0.4, 0.5) is 5.82 Å². The molecule has 7 nitrogen and oxygen atoms in total. The molecule has 3 aromatic rings. The second-order valence-electron chi connectivity index (χ2n) is 9.20. The van der Waals surface area contributed by atoms with E-state index in [4.69, 9.17) is 4.98 Å². The fourth-order valence-corrected chi connectivity index (χ4v) is 4.21. The Kier molecular flexibility index (Phi) is 6.74. The van der Waals surface area contributed by atoms with Crippen LogP contribution in [0, 0.1) is 5.92 Å². The summed E-state index contributed by atoms with van der Waals surface area (Å²) in [6.45, 7) is 10.5. The van der Waals surface area contributed by atoms with Crippen LogP contribution in [0.3, 0.4) is 0 Å². The third-order valence-corrected chi connectivity index (χ3v) is 6.05. The minimum atomic E-state index is 0.113. The number of ketones is 1. The highest BCUT2D eigenvalue weighted by molar-refractivity contribution is 5.85. The molecule has 0 saturated carbocycles. The van der Waals surface area contributed by atoms with Crippen molar-refractivity contribution in [3.8, 4) is 11.3 Å². The Balaban J connectivity index is 1.50. The van der Waals surface area contributed by atoms with Crippen molar-refractivity contribution in [3.05, 3.63) is 42.6 Å². The van der Waals surface area contributed by atoms with E-state index in [0.717, 1.165) is 53.9 Å². The van der Waals surface area contributed by atoms with Crippen molar-refractivity contribution in [2.24, 2.45) is 5.92 Å². The number of hydrogen-bond donors (Lipinski definition) is 1. The molecule has 1 saturated heterocycles. The Labute approximate surface area is 189 Å². The van der Waals surface area contributed by atoms with E-state index < -0.39 is 0 Å². The molecule has 0 bridgehead atoms. The van der Waals surface area contributed by atoms with E-state index in [1.54, 1.807) is 18.6 Å². The number of piperidine rings is 1. The van der Waals surface area contributed by atoms with E-state index in [1.165, 1.54) is 0 Å². The van der Waals surface area contributed by atoms with Crippen molar-refractivity contribution < 1.29 is 4.79 Å². The minimum absolute atomic E-state index is 0.113. The summed E-state index contributed by atoms with van der Waals surface area (Å²) in [5.74, 6) is 1.70. The van der Waals surface area contributed by atoms with Gasteiger partial charge in [0, 0.05) is 35.1 Å². The molecule has 0 unspecified atom stereocenters. The number of aromatic nitrogens is 4. The fourth-order valence-electron chi connectivity index (χ4n) is 4.21. The van der Waals surface area contributed by atoms with Gasteiger partial charge in [0.05, 0.1) is 30.0 Å². The standard InChI is InChI=1S/C25H32N6O/c1-16(2)28-25-15-26-14-22(30-25)19-5-6-20-13-27-24(29-21(20)11-19)12-23(32)18-7-9-31(10-8-18)17(3)4/h5-6,11,13-18H,7-10,12H2,1-4H3,(H,28,30). The number of fused-ring (bicyclic) bond motifs is 1. The molecule has 3 heterocycles. The lowest BCUT2D eigenvalue weighted by Crippen LogP contribution is -2.40. The van der Waals surface area contributed by atoms with Crippen LogP contribution in [0.25, 0.3) is 22.2 Å².